The lowest BCUT2D eigenvalue weighted by atomic mass is 10.2. The Morgan fingerprint density at radius 3 is 2.81 bits per heavy atom. The standard InChI is InChI=1S/C11H10ClNO3/c1-7-2-3-8(6-9(7)12)13-4-5-16-11(15)10(13)14/h2-3,6H,4-5H2,1H3. The summed E-state index contributed by atoms with van der Waals surface area (Å²) < 4.78 is 4.63. The van der Waals surface area contributed by atoms with Crippen LogP contribution in [0.4, 0.5) is 5.69 Å². The Morgan fingerprint density at radius 1 is 1.38 bits per heavy atom. The average molecular weight is 240 g/mol. The molecule has 0 radical (unpaired) electrons. The molecular weight excluding hydrogens is 230 g/mol. The second-order valence-corrected chi connectivity index (χ2v) is 3.93. The summed E-state index contributed by atoms with van der Waals surface area (Å²) in [4.78, 5) is 24.0. The molecule has 1 aromatic carbocycles. The molecule has 1 saturated heterocycles. The van der Waals surface area contributed by atoms with Gasteiger partial charge in [-0.2, -0.15) is 0 Å². The van der Waals surface area contributed by atoms with E-state index in [4.69, 9.17) is 11.6 Å². The Balaban J connectivity index is 2.32. The number of hydrogen-bond acceptors (Lipinski definition) is 3. The number of anilines is 1. The van der Waals surface area contributed by atoms with Crippen LogP contribution >= 0.6 is 11.6 Å². The highest BCUT2D eigenvalue weighted by Gasteiger charge is 2.29. The van der Waals surface area contributed by atoms with Crippen molar-refractivity contribution >= 4 is 29.2 Å². The minimum absolute atomic E-state index is 0.218. The minimum atomic E-state index is -0.817. The number of morpholine rings is 1. The highest BCUT2D eigenvalue weighted by molar-refractivity contribution is 6.39. The Kier molecular flexibility index (Phi) is 2.83. The Hall–Kier alpha value is -1.55. The van der Waals surface area contributed by atoms with Gasteiger partial charge in [0.1, 0.15) is 6.61 Å². The first-order valence-electron chi connectivity index (χ1n) is 4.84. The van der Waals surface area contributed by atoms with Gasteiger partial charge in [-0.05, 0) is 24.6 Å². The summed E-state index contributed by atoms with van der Waals surface area (Å²) in [6.07, 6.45) is 0. The van der Waals surface area contributed by atoms with Gasteiger partial charge < -0.3 is 4.74 Å². The van der Waals surface area contributed by atoms with Crippen LogP contribution in [0.1, 0.15) is 5.56 Å². The van der Waals surface area contributed by atoms with Crippen LogP contribution in [0.25, 0.3) is 0 Å². The van der Waals surface area contributed by atoms with Crippen molar-refractivity contribution < 1.29 is 14.3 Å². The fourth-order valence-electron chi connectivity index (χ4n) is 1.50. The summed E-state index contributed by atoms with van der Waals surface area (Å²) in [5.74, 6) is -1.46. The van der Waals surface area contributed by atoms with Gasteiger partial charge in [0.25, 0.3) is 0 Å². The van der Waals surface area contributed by atoms with E-state index in [0.29, 0.717) is 17.3 Å². The average Bonchev–Trinajstić information content (AvgIpc) is 2.26. The third-order valence-corrected chi connectivity index (χ3v) is 2.84. The van der Waals surface area contributed by atoms with Crippen LogP contribution in [0.5, 0.6) is 0 Å². The number of nitrogens with zero attached hydrogens (tertiary/aromatic N) is 1. The maximum Gasteiger partial charge on any atom is 0.397 e. The summed E-state index contributed by atoms with van der Waals surface area (Å²) in [6, 6.07) is 5.25. The molecule has 0 unspecified atom stereocenters. The van der Waals surface area contributed by atoms with E-state index in [-0.39, 0.29) is 6.61 Å². The van der Waals surface area contributed by atoms with Crippen molar-refractivity contribution in [1.29, 1.82) is 0 Å². The van der Waals surface area contributed by atoms with Gasteiger partial charge >= 0.3 is 11.9 Å². The van der Waals surface area contributed by atoms with E-state index in [1.165, 1.54) is 4.90 Å². The maximum atomic E-state index is 11.5. The Labute approximate surface area is 97.7 Å². The molecule has 2 rings (SSSR count). The zero-order valence-electron chi connectivity index (χ0n) is 8.70. The van der Waals surface area contributed by atoms with Crippen LogP contribution < -0.4 is 4.90 Å². The lowest BCUT2D eigenvalue weighted by Crippen LogP contribution is -2.45. The number of amides is 1. The topological polar surface area (TPSA) is 46.6 Å². The molecule has 1 amide bonds. The fourth-order valence-corrected chi connectivity index (χ4v) is 1.67. The molecule has 0 aromatic heterocycles. The first kappa shape index (κ1) is 11.0. The molecule has 1 heterocycles. The van der Waals surface area contributed by atoms with Crippen LogP contribution in [-0.2, 0) is 14.3 Å². The summed E-state index contributed by atoms with van der Waals surface area (Å²) in [5.41, 5.74) is 1.55. The summed E-state index contributed by atoms with van der Waals surface area (Å²) in [6.45, 7) is 2.46. The van der Waals surface area contributed by atoms with Gasteiger partial charge in [-0.3, -0.25) is 9.69 Å². The van der Waals surface area contributed by atoms with Gasteiger partial charge in [0, 0.05) is 10.7 Å². The first-order valence-corrected chi connectivity index (χ1v) is 5.22. The van der Waals surface area contributed by atoms with Crippen LogP contribution in [0.15, 0.2) is 18.2 Å². The molecule has 1 fully saturated rings. The smallest absolute Gasteiger partial charge is 0.397 e. The summed E-state index contributed by atoms with van der Waals surface area (Å²) in [7, 11) is 0. The predicted octanol–water partition coefficient (Wildman–Crippen LogP) is 1.54. The minimum Gasteiger partial charge on any atom is -0.457 e. The zero-order chi connectivity index (χ0) is 11.7. The molecule has 1 aromatic rings. The highest BCUT2D eigenvalue weighted by atomic mass is 35.5. The van der Waals surface area contributed by atoms with E-state index >= 15 is 0 Å². The summed E-state index contributed by atoms with van der Waals surface area (Å²) >= 11 is 5.96. The Morgan fingerprint density at radius 2 is 2.12 bits per heavy atom. The molecule has 0 N–H and O–H groups in total. The molecule has 0 aliphatic carbocycles. The van der Waals surface area contributed by atoms with E-state index in [9.17, 15) is 9.59 Å². The normalized spacial score (nSPS) is 16.2. The van der Waals surface area contributed by atoms with E-state index in [1.807, 2.05) is 13.0 Å². The number of benzene rings is 1. The first-order chi connectivity index (χ1) is 7.59. The van der Waals surface area contributed by atoms with Crippen LogP contribution in [0, 0.1) is 6.92 Å². The molecule has 0 spiro atoms. The monoisotopic (exact) mass is 239 g/mol. The van der Waals surface area contributed by atoms with Crippen molar-refractivity contribution in [3.63, 3.8) is 0 Å². The largest absolute Gasteiger partial charge is 0.457 e. The van der Waals surface area contributed by atoms with Crippen molar-refractivity contribution in [3.05, 3.63) is 28.8 Å². The highest BCUT2D eigenvalue weighted by Crippen LogP contribution is 2.24. The zero-order valence-corrected chi connectivity index (χ0v) is 9.45. The molecule has 4 nitrogen and oxygen atoms in total. The second kappa shape index (κ2) is 4.14. The summed E-state index contributed by atoms with van der Waals surface area (Å²) in [5, 5.41) is 0.573. The van der Waals surface area contributed by atoms with Crippen LogP contribution in [0.2, 0.25) is 5.02 Å². The van der Waals surface area contributed by atoms with Crippen molar-refractivity contribution in [3.8, 4) is 0 Å². The number of cyclic esters (lactones) is 1. The van der Waals surface area contributed by atoms with Gasteiger partial charge in [-0.1, -0.05) is 17.7 Å². The Bertz CT molecular complexity index is 459. The maximum absolute atomic E-state index is 11.5. The SMILES string of the molecule is Cc1ccc(N2CCOC(=O)C2=O)cc1Cl. The van der Waals surface area contributed by atoms with E-state index in [0.717, 1.165) is 5.56 Å². The number of carbonyl (C=O) groups excluding carboxylic acids is 2. The fraction of sp³-hybridized carbons (Fsp3) is 0.273. The molecule has 5 heteroatoms. The van der Waals surface area contributed by atoms with Crippen molar-refractivity contribution in [2.24, 2.45) is 0 Å². The van der Waals surface area contributed by atoms with Gasteiger partial charge in [0.15, 0.2) is 0 Å². The van der Waals surface area contributed by atoms with Crippen molar-refractivity contribution in [1.82, 2.24) is 0 Å². The molecule has 0 atom stereocenters. The number of carbonyl (C=O) groups is 2. The van der Waals surface area contributed by atoms with Gasteiger partial charge in [-0.25, -0.2) is 4.79 Å². The lowest BCUT2D eigenvalue weighted by Gasteiger charge is -2.25. The number of rotatable bonds is 1. The molecule has 0 bridgehead atoms. The van der Waals surface area contributed by atoms with E-state index in [2.05, 4.69) is 4.74 Å². The van der Waals surface area contributed by atoms with Crippen LogP contribution in [-0.4, -0.2) is 25.0 Å². The number of hydrogen-bond donors (Lipinski definition) is 0. The third kappa shape index (κ3) is 1.88. The van der Waals surface area contributed by atoms with E-state index < -0.39 is 11.9 Å². The molecule has 1 aliphatic heterocycles. The molecule has 1 aliphatic rings. The number of esters is 1. The second-order valence-electron chi connectivity index (χ2n) is 3.53. The number of halogens is 1. The van der Waals surface area contributed by atoms with Gasteiger partial charge in [0.05, 0.1) is 6.54 Å². The number of ether oxygens (including phenoxy) is 1. The number of aryl methyl sites for hydroxylation is 1. The van der Waals surface area contributed by atoms with Crippen molar-refractivity contribution in [2.45, 2.75) is 6.92 Å². The molecule has 84 valence electrons. The van der Waals surface area contributed by atoms with Gasteiger partial charge in [0.2, 0.25) is 0 Å². The van der Waals surface area contributed by atoms with E-state index in [1.54, 1.807) is 12.1 Å². The quantitative estimate of drug-likeness (QED) is 0.552. The third-order valence-electron chi connectivity index (χ3n) is 2.43. The van der Waals surface area contributed by atoms with Crippen LogP contribution in [0.3, 0.4) is 0 Å². The molecule has 0 saturated carbocycles. The van der Waals surface area contributed by atoms with Crippen molar-refractivity contribution in [2.75, 3.05) is 18.1 Å². The molecule has 16 heavy (non-hydrogen) atoms. The molecular formula is C11H10ClNO3. The lowest BCUT2D eigenvalue weighted by molar-refractivity contribution is -0.156. The van der Waals surface area contributed by atoms with Gasteiger partial charge in [-0.15, -0.1) is 0 Å². The predicted molar refractivity (Wildman–Crippen MR) is 59.5 cm³/mol.